The molecule has 0 saturated carbocycles. The summed E-state index contributed by atoms with van der Waals surface area (Å²) in [5.41, 5.74) is 2.23. The summed E-state index contributed by atoms with van der Waals surface area (Å²) in [7, 11) is 0. The Labute approximate surface area is 177 Å². The number of hydrogen-bond donors (Lipinski definition) is 3. The van der Waals surface area contributed by atoms with Gasteiger partial charge in [-0.1, -0.05) is 36.4 Å². The molecule has 1 aromatic heterocycles. The number of nitrogens with one attached hydrogen (secondary N) is 3. The van der Waals surface area contributed by atoms with Crippen LogP contribution in [0, 0.1) is 0 Å². The van der Waals surface area contributed by atoms with Gasteiger partial charge in [-0.25, -0.2) is 0 Å². The number of piperazine rings is 1. The predicted octanol–water partition coefficient (Wildman–Crippen LogP) is 1.21. The molecule has 2 amide bonds. The van der Waals surface area contributed by atoms with Crippen molar-refractivity contribution in [2.75, 3.05) is 13.1 Å². The topological polar surface area (TPSA) is 86.4 Å². The summed E-state index contributed by atoms with van der Waals surface area (Å²) in [5, 5.41) is 9.58. The van der Waals surface area contributed by atoms with E-state index in [1.807, 2.05) is 30.3 Å². The quantitative estimate of drug-likeness (QED) is 0.612. The van der Waals surface area contributed by atoms with E-state index in [-0.39, 0.29) is 29.9 Å². The van der Waals surface area contributed by atoms with Gasteiger partial charge < -0.3 is 16.0 Å². The molecule has 2 saturated heterocycles. The maximum atomic E-state index is 12.4. The summed E-state index contributed by atoms with van der Waals surface area (Å²) >= 11 is 0. The van der Waals surface area contributed by atoms with Crippen molar-refractivity contribution in [2.24, 2.45) is 0 Å². The number of carbonyl (C=O) groups excluding carboxylic acids is 2. The first-order valence-electron chi connectivity index (χ1n) is 10.7. The molecule has 0 aliphatic carbocycles. The van der Waals surface area contributed by atoms with E-state index in [9.17, 15) is 9.59 Å². The van der Waals surface area contributed by atoms with Gasteiger partial charge in [0.2, 0.25) is 11.8 Å². The van der Waals surface area contributed by atoms with Gasteiger partial charge in [0.15, 0.2) is 0 Å². The standard InChI is InChI=1S/C23H29N5O2/c29-22(26-14-18-7-4-10-24-12-18)9-8-20-15-27-23(30)21-11-19(16-28(20)21)25-13-17-5-2-1-3-6-17/h1-7,10,12,19-21,25H,8-9,11,13-16H2,(H,26,29)(H,27,30)/t19-,20-,21-/m1/s1. The molecule has 3 N–H and O–H groups in total. The first kappa shape index (κ1) is 20.5. The van der Waals surface area contributed by atoms with Gasteiger partial charge in [-0.15, -0.1) is 0 Å². The smallest absolute Gasteiger partial charge is 0.237 e. The predicted molar refractivity (Wildman–Crippen MR) is 114 cm³/mol. The van der Waals surface area contributed by atoms with Crippen LogP contribution < -0.4 is 16.0 Å². The fourth-order valence-electron chi connectivity index (χ4n) is 4.34. The SMILES string of the molecule is O=C(CC[C@@H]1CNC(=O)[C@H]2C[C@@H](NCc3ccccc3)CN12)NCc1cccnc1. The number of pyridine rings is 1. The van der Waals surface area contributed by atoms with Crippen LogP contribution in [-0.2, 0) is 22.7 Å². The minimum Gasteiger partial charge on any atom is -0.353 e. The van der Waals surface area contributed by atoms with Gasteiger partial charge in [-0.3, -0.25) is 19.5 Å². The number of carbonyl (C=O) groups is 2. The molecule has 3 heterocycles. The van der Waals surface area contributed by atoms with E-state index >= 15 is 0 Å². The van der Waals surface area contributed by atoms with Crippen LogP contribution in [0.1, 0.15) is 30.4 Å². The summed E-state index contributed by atoms with van der Waals surface area (Å²) < 4.78 is 0. The lowest BCUT2D eigenvalue weighted by atomic mass is 10.0. The average Bonchev–Trinajstić information content (AvgIpc) is 3.23. The normalized spacial score (nSPS) is 23.6. The molecule has 2 aliphatic heterocycles. The number of benzene rings is 1. The van der Waals surface area contributed by atoms with Gasteiger partial charge in [0.25, 0.3) is 0 Å². The molecule has 2 aliphatic rings. The van der Waals surface area contributed by atoms with Crippen molar-refractivity contribution < 1.29 is 9.59 Å². The lowest BCUT2D eigenvalue weighted by Gasteiger charge is -2.37. The molecular formula is C23H29N5O2. The second kappa shape index (κ2) is 9.82. The molecule has 0 bridgehead atoms. The van der Waals surface area contributed by atoms with Crippen LogP contribution in [0.15, 0.2) is 54.9 Å². The number of nitrogens with zero attached hydrogens (tertiary/aromatic N) is 2. The summed E-state index contributed by atoms with van der Waals surface area (Å²) in [6, 6.07) is 14.5. The lowest BCUT2D eigenvalue weighted by Crippen LogP contribution is -2.58. The summed E-state index contributed by atoms with van der Waals surface area (Å²) in [5.74, 6) is 0.140. The molecule has 0 unspecified atom stereocenters. The second-order valence-corrected chi connectivity index (χ2v) is 8.09. The Morgan fingerprint density at radius 3 is 2.77 bits per heavy atom. The number of hydrogen-bond acceptors (Lipinski definition) is 5. The molecule has 158 valence electrons. The molecule has 1 aromatic carbocycles. The van der Waals surface area contributed by atoms with E-state index in [2.05, 4.69) is 38.0 Å². The second-order valence-electron chi connectivity index (χ2n) is 8.09. The van der Waals surface area contributed by atoms with Crippen molar-refractivity contribution in [3.63, 3.8) is 0 Å². The van der Waals surface area contributed by atoms with Crippen LogP contribution in [0.2, 0.25) is 0 Å². The zero-order valence-corrected chi connectivity index (χ0v) is 17.1. The van der Waals surface area contributed by atoms with E-state index in [1.54, 1.807) is 12.4 Å². The molecule has 0 spiro atoms. The Balaban J connectivity index is 1.25. The average molecular weight is 408 g/mol. The highest BCUT2D eigenvalue weighted by Crippen LogP contribution is 2.26. The van der Waals surface area contributed by atoms with Crippen LogP contribution in [0.25, 0.3) is 0 Å². The minimum absolute atomic E-state index is 0.0326. The van der Waals surface area contributed by atoms with Crippen molar-refractivity contribution in [2.45, 2.75) is 50.5 Å². The summed E-state index contributed by atoms with van der Waals surface area (Å²) in [6.07, 6.45) is 5.47. The Kier molecular flexibility index (Phi) is 6.71. The van der Waals surface area contributed by atoms with E-state index in [1.165, 1.54) is 5.56 Å². The molecule has 4 rings (SSSR count). The van der Waals surface area contributed by atoms with Gasteiger partial charge in [0.1, 0.15) is 0 Å². The molecular weight excluding hydrogens is 378 g/mol. The van der Waals surface area contributed by atoms with Crippen LogP contribution in [0.4, 0.5) is 0 Å². The third-order valence-electron chi connectivity index (χ3n) is 5.98. The number of amides is 2. The largest absolute Gasteiger partial charge is 0.353 e. The highest BCUT2D eigenvalue weighted by Gasteiger charge is 2.43. The van der Waals surface area contributed by atoms with Crippen molar-refractivity contribution >= 4 is 11.8 Å². The Hall–Kier alpha value is -2.77. The molecule has 2 fully saturated rings. The van der Waals surface area contributed by atoms with Gasteiger partial charge in [0, 0.05) is 57.1 Å². The van der Waals surface area contributed by atoms with Gasteiger partial charge in [-0.2, -0.15) is 0 Å². The minimum atomic E-state index is -0.101. The molecule has 0 radical (unpaired) electrons. The molecule has 30 heavy (non-hydrogen) atoms. The van der Waals surface area contributed by atoms with Crippen molar-refractivity contribution in [1.29, 1.82) is 0 Å². The summed E-state index contributed by atoms with van der Waals surface area (Å²) in [6.45, 7) is 2.74. The van der Waals surface area contributed by atoms with Crippen LogP contribution >= 0.6 is 0 Å². The van der Waals surface area contributed by atoms with Gasteiger partial charge in [0.05, 0.1) is 6.04 Å². The van der Waals surface area contributed by atoms with E-state index < -0.39 is 0 Å². The maximum absolute atomic E-state index is 12.4. The first-order valence-corrected chi connectivity index (χ1v) is 10.7. The fraction of sp³-hybridized carbons (Fsp3) is 0.435. The third-order valence-corrected chi connectivity index (χ3v) is 5.98. The number of fused-ring (bicyclic) bond motifs is 1. The lowest BCUT2D eigenvalue weighted by molar-refractivity contribution is -0.129. The van der Waals surface area contributed by atoms with Crippen LogP contribution in [0.5, 0.6) is 0 Å². The van der Waals surface area contributed by atoms with Crippen molar-refractivity contribution in [3.8, 4) is 0 Å². The Morgan fingerprint density at radius 2 is 1.97 bits per heavy atom. The van der Waals surface area contributed by atoms with E-state index in [0.717, 1.165) is 31.5 Å². The maximum Gasteiger partial charge on any atom is 0.237 e. The molecule has 3 atom stereocenters. The molecule has 7 heteroatoms. The van der Waals surface area contributed by atoms with Crippen LogP contribution in [0.3, 0.4) is 0 Å². The molecule has 2 aromatic rings. The van der Waals surface area contributed by atoms with Gasteiger partial charge in [-0.05, 0) is 30.0 Å². The van der Waals surface area contributed by atoms with E-state index in [0.29, 0.717) is 19.5 Å². The number of aromatic nitrogens is 1. The monoisotopic (exact) mass is 407 g/mol. The highest BCUT2D eigenvalue weighted by molar-refractivity contribution is 5.83. The number of rotatable bonds is 8. The fourth-order valence-corrected chi connectivity index (χ4v) is 4.34. The van der Waals surface area contributed by atoms with Crippen LogP contribution in [-0.4, -0.2) is 52.9 Å². The van der Waals surface area contributed by atoms with Crippen molar-refractivity contribution in [1.82, 2.24) is 25.8 Å². The Bertz CT molecular complexity index is 845. The highest BCUT2D eigenvalue weighted by atomic mass is 16.2. The van der Waals surface area contributed by atoms with Crippen molar-refractivity contribution in [3.05, 3.63) is 66.0 Å². The third kappa shape index (κ3) is 5.23. The molecule has 7 nitrogen and oxygen atoms in total. The Morgan fingerprint density at radius 1 is 1.13 bits per heavy atom. The van der Waals surface area contributed by atoms with E-state index in [4.69, 9.17) is 0 Å². The van der Waals surface area contributed by atoms with Gasteiger partial charge >= 0.3 is 0 Å². The summed E-state index contributed by atoms with van der Waals surface area (Å²) in [4.78, 5) is 31.0. The first-order chi connectivity index (χ1) is 14.7. The zero-order valence-electron chi connectivity index (χ0n) is 17.1. The zero-order chi connectivity index (χ0) is 20.8.